The summed E-state index contributed by atoms with van der Waals surface area (Å²) in [5.41, 5.74) is 1.75. The summed E-state index contributed by atoms with van der Waals surface area (Å²) < 4.78 is 7.71. The summed E-state index contributed by atoms with van der Waals surface area (Å²) in [6.07, 6.45) is 2.59. The minimum absolute atomic E-state index is 0.595. The minimum atomic E-state index is -1.000. The second-order valence-electron chi connectivity index (χ2n) is 4.37. The highest BCUT2D eigenvalue weighted by Gasteiger charge is 2.05. The van der Waals surface area contributed by atoms with Crippen LogP contribution in [0.2, 0.25) is 0 Å². The van der Waals surface area contributed by atoms with E-state index < -0.39 is 5.97 Å². The predicted octanol–water partition coefficient (Wildman–Crippen LogP) is 5.41. The van der Waals surface area contributed by atoms with Crippen molar-refractivity contribution in [2.75, 3.05) is 0 Å². The Morgan fingerprint density at radius 3 is 2.62 bits per heavy atom. The van der Waals surface area contributed by atoms with Crippen molar-refractivity contribution >= 4 is 43.9 Å². The van der Waals surface area contributed by atoms with Crippen LogP contribution in [0.25, 0.3) is 6.08 Å². The van der Waals surface area contributed by atoms with Gasteiger partial charge in [0.1, 0.15) is 11.5 Å². The van der Waals surface area contributed by atoms with E-state index in [1.165, 1.54) is 6.08 Å². The molecule has 0 bridgehead atoms. The van der Waals surface area contributed by atoms with E-state index in [2.05, 4.69) is 31.9 Å². The van der Waals surface area contributed by atoms with Gasteiger partial charge in [-0.3, -0.25) is 0 Å². The van der Waals surface area contributed by atoms with E-state index in [9.17, 15) is 4.79 Å². The van der Waals surface area contributed by atoms with E-state index in [-0.39, 0.29) is 0 Å². The minimum Gasteiger partial charge on any atom is -0.478 e. The maximum atomic E-state index is 10.7. The van der Waals surface area contributed by atoms with Crippen LogP contribution in [0.15, 0.2) is 51.4 Å². The van der Waals surface area contributed by atoms with Crippen LogP contribution in [0.1, 0.15) is 11.1 Å². The molecule has 0 aliphatic heterocycles. The molecular formula is C16H12Br2O3. The van der Waals surface area contributed by atoms with E-state index in [0.29, 0.717) is 17.1 Å². The Bertz CT molecular complexity index is 709. The third kappa shape index (κ3) is 4.44. The number of benzene rings is 2. The number of hydrogen-bond acceptors (Lipinski definition) is 2. The Balaban J connectivity index is 2.34. The number of ether oxygens (including phenoxy) is 1. The van der Waals surface area contributed by atoms with Crippen LogP contribution in [0.4, 0.5) is 0 Å². The quantitative estimate of drug-likeness (QED) is 0.684. The number of halogens is 2. The zero-order valence-corrected chi connectivity index (χ0v) is 14.3. The average Bonchev–Trinajstić information content (AvgIpc) is 2.43. The summed E-state index contributed by atoms with van der Waals surface area (Å²) in [5, 5.41) is 8.75. The van der Waals surface area contributed by atoms with E-state index in [1.807, 2.05) is 31.2 Å². The topological polar surface area (TPSA) is 46.5 Å². The molecule has 0 unspecified atom stereocenters. The number of carboxylic acids is 1. The maximum absolute atomic E-state index is 10.7. The van der Waals surface area contributed by atoms with Crippen LogP contribution in [0.5, 0.6) is 11.5 Å². The highest BCUT2D eigenvalue weighted by molar-refractivity contribution is 9.10. The molecule has 0 aromatic heterocycles. The van der Waals surface area contributed by atoms with Gasteiger partial charge >= 0.3 is 5.97 Å². The van der Waals surface area contributed by atoms with Gasteiger partial charge < -0.3 is 9.84 Å². The van der Waals surface area contributed by atoms with E-state index in [4.69, 9.17) is 9.84 Å². The van der Waals surface area contributed by atoms with Crippen molar-refractivity contribution < 1.29 is 14.6 Å². The van der Waals surface area contributed by atoms with Crippen molar-refractivity contribution in [3.05, 3.63) is 62.5 Å². The summed E-state index contributed by atoms with van der Waals surface area (Å²) in [7, 11) is 0. The predicted molar refractivity (Wildman–Crippen MR) is 89.8 cm³/mol. The second kappa shape index (κ2) is 6.91. The van der Waals surface area contributed by atoms with Crippen molar-refractivity contribution in [3.8, 4) is 11.5 Å². The van der Waals surface area contributed by atoms with Crippen LogP contribution in [0, 0.1) is 6.92 Å². The highest BCUT2D eigenvalue weighted by Crippen LogP contribution is 2.31. The van der Waals surface area contributed by atoms with Crippen LogP contribution in [-0.2, 0) is 4.79 Å². The normalized spacial score (nSPS) is 10.8. The molecule has 0 fully saturated rings. The molecule has 0 aliphatic carbocycles. The summed E-state index contributed by atoms with van der Waals surface area (Å²) >= 11 is 6.81. The number of rotatable bonds is 4. The third-order valence-electron chi connectivity index (χ3n) is 2.73. The number of hydrogen-bond donors (Lipinski definition) is 1. The molecule has 108 valence electrons. The smallest absolute Gasteiger partial charge is 0.328 e. The first-order chi connectivity index (χ1) is 9.95. The molecule has 0 saturated heterocycles. The SMILES string of the molecule is Cc1cc(Oc2ccc(Br)cc2/C=C/C(=O)O)ccc1Br. The van der Waals surface area contributed by atoms with Crippen molar-refractivity contribution in [2.45, 2.75) is 6.92 Å². The molecule has 1 N–H and O–H groups in total. The molecule has 21 heavy (non-hydrogen) atoms. The van der Waals surface area contributed by atoms with Crippen LogP contribution in [-0.4, -0.2) is 11.1 Å². The zero-order chi connectivity index (χ0) is 15.4. The standard InChI is InChI=1S/C16H12Br2O3/c1-10-8-13(4-5-14(10)18)21-15-6-3-12(17)9-11(15)2-7-16(19)20/h2-9H,1H3,(H,19,20)/b7-2+. The van der Waals surface area contributed by atoms with E-state index in [0.717, 1.165) is 20.6 Å². The van der Waals surface area contributed by atoms with Gasteiger partial charge in [0.05, 0.1) is 0 Å². The number of aliphatic carboxylic acids is 1. The molecule has 0 saturated carbocycles. The summed E-state index contributed by atoms with van der Waals surface area (Å²) in [4.78, 5) is 10.7. The van der Waals surface area contributed by atoms with E-state index in [1.54, 1.807) is 12.1 Å². The molecule has 0 radical (unpaired) electrons. The lowest BCUT2D eigenvalue weighted by molar-refractivity contribution is -0.131. The number of carbonyl (C=O) groups is 1. The Kier molecular flexibility index (Phi) is 5.20. The van der Waals surface area contributed by atoms with Crippen LogP contribution >= 0.6 is 31.9 Å². The van der Waals surface area contributed by atoms with Crippen LogP contribution in [0.3, 0.4) is 0 Å². The molecule has 5 heteroatoms. The Labute approximate surface area is 139 Å². The third-order valence-corrected chi connectivity index (χ3v) is 4.12. The number of aryl methyl sites for hydroxylation is 1. The largest absolute Gasteiger partial charge is 0.478 e. The zero-order valence-electron chi connectivity index (χ0n) is 11.1. The first-order valence-electron chi connectivity index (χ1n) is 6.10. The fourth-order valence-electron chi connectivity index (χ4n) is 1.71. The lowest BCUT2D eigenvalue weighted by atomic mass is 10.2. The molecule has 2 aromatic rings. The van der Waals surface area contributed by atoms with Gasteiger partial charge in [-0.15, -0.1) is 0 Å². The molecular weight excluding hydrogens is 400 g/mol. The van der Waals surface area contributed by atoms with Gasteiger partial charge in [-0.2, -0.15) is 0 Å². The molecule has 0 spiro atoms. The van der Waals surface area contributed by atoms with Gasteiger partial charge in [0, 0.05) is 20.6 Å². The second-order valence-corrected chi connectivity index (χ2v) is 6.14. The molecule has 0 heterocycles. The van der Waals surface area contributed by atoms with Gasteiger partial charge in [-0.05, 0) is 55.0 Å². The van der Waals surface area contributed by atoms with Gasteiger partial charge in [-0.25, -0.2) is 4.79 Å². The van der Waals surface area contributed by atoms with Crippen LogP contribution < -0.4 is 4.74 Å². The molecule has 0 aliphatic rings. The summed E-state index contributed by atoms with van der Waals surface area (Å²) in [6, 6.07) is 11.1. The van der Waals surface area contributed by atoms with Gasteiger partial charge in [-0.1, -0.05) is 31.9 Å². The van der Waals surface area contributed by atoms with Crippen molar-refractivity contribution in [1.82, 2.24) is 0 Å². The van der Waals surface area contributed by atoms with Gasteiger partial charge in [0.15, 0.2) is 0 Å². The lowest BCUT2D eigenvalue weighted by Gasteiger charge is -2.10. The molecule has 2 rings (SSSR count). The fourth-order valence-corrected chi connectivity index (χ4v) is 2.34. The summed E-state index contributed by atoms with van der Waals surface area (Å²) in [6.45, 7) is 1.98. The molecule has 2 aromatic carbocycles. The van der Waals surface area contributed by atoms with Crippen molar-refractivity contribution in [1.29, 1.82) is 0 Å². The van der Waals surface area contributed by atoms with Crippen molar-refractivity contribution in [3.63, 3.8) is 0 Å². The maximum Gasteiger partial charge on any atom is 0.328 e. The first-order valence-corrected chi connectivity index (χ1v) is 7.69. The first kappa shape index (κ1) is 15.8. The fraction of sp³-hybridized carbons (Fsp3) is 0.0625. The summed E-state index contributed by atoms with van der Waals surface area (Å²) in [5.74, 6) is 0.292. The van der Waals surface area contributed by atoms with Gasteiger partial charge in [0.2, 0.25) is 0 Å². The molecule has 0 amide bonds. The highest BCUT2D eigenvalue weighted by atomic mass is 79.9. The van der Waals surface area contributed by atoms with Gasteiger partial charge in [0.25, 0.3) is 0 Å². The molecule has 3 nitrogen and oxygen atoms in total. The van der Waals surface area contributed by atoms with Crippen molar-refractivity contribution in [2.24, 2.45) is 0 Å². The monoisotopic (exact) mass is 410 g/mol. The Morgan fingerprint density at radius 2 is 1.95 bits per heavy atom. The average molecular weight is 412 g/mol. The lowest BCUT2D eigenvalue weighted by Crippen LogP contribution is -1.90. The number of carboxylic acid groups (broad SMARTS) is 1. The molecule has 0 atom stereocenters. The van der Waals surface area contributed by atoms with E-state index >= 15 is 0 Å². The Hall–Kier alpha value is -1.59. The Morgan fingerprint density at radius 1 is 1.19 bits per heavy atom.